The first-order valence-electron chi connectivity index (χ1n) is 6.60. The van der Waals surface area contributed by atoms with Crippen LogP contribution in [0.4, 0.5) is 5.69 Å². The summed E-state index contributed by atoms with van der Waals surface area (Å²) in [4.78, 5) is 0. The quantitative estimate of drug-likeness (QED) is 0.423. The van der Waals surface area contributed by atoms with E-state index in [-0.39, 0.29) is 0 Å². The minimum Gasteiger partial charge on any atom is -0.264 e. The molecule has 7 heteroatoms. The second kappa shape index (κ2) is 8.34. The van der Waals surface area contributed by atoms with Crippen LogP contribution in [0.5, 0.6) is 0 Å². The Morgan fingerprint density at radius 2 is 1.59 bits per heavy atom. The predicted octanol–water partition coefficient (Wildman–Crippen LogP) is 1.55. The first kappa shape index (κ1) is 18.7. The van der Waals surface area contributed by atoms with Crippen molar-refractivity contribution in [1.82, 2.24) is 0 Å². The standard InChI is InChI=1S/C15H18AsN.H2O4S/c1-3-16(13-9-7-12(2)8-10-13)14-5-4-6-15(17)11-14;1-5(2,3)4/h4-11H,3,17H2,1-2H3;(H2,1,2,3,4). The molecule has 0 fully saturated rings. The van der Waals surface area contributed by atoms with Gasteiger partial charge in [-0.05, 0) is 0 Å². The maximum absolute atomic E-state index is 8.74. The van der Waals surface area contributed by atoms with Gasteiger partial charge in [-0.3, -0.25) is 9.11 Å². The summed E-state index contributed by atoms with van der Waals surface area (Å²) in [5.41, 5.74) is 8.08. The molecule has 0 radical (unpaired) electrons. The predicted molar refractivity (Wildman–Crippen MR) is 91.7 cm³/mol. The van der Waals surface area contributed by atoms with Crippen LogP contribution in [0.15, 0.2) is 48.5 Å². The normalized spacial score (nSPS) is 12.2. The first-order chi connectivity index (χ1) is 10.2. The average molecular weight is 385 g/mol. The third-order valence-electron chi connectivity index (χ3n) is 2.84. The molecule has 2 aromatic carbocycles. The topological polar surface area (TPSA) is 101 Å². The number of hydrogen-bond acceptors (Lipinski definition) is 3. The van der Waals surface area contributed by atoms with Gasteiger partial charge in [0.2, 0.25) is 0 Å². The molecule has 2 rings (SSSR count). The van der Waals surface area contributed by atoms with Crippen LogP contribution in [0.2, 0.25) is 5.21 Å². The molecule has 0 heterocycles. The van der Waals surface area contributed by atoms with E-state index in [1.807, 2.05) is 6.07 Å². The number of hydrogen-bond donors (Lipinski definition) is 3. The largest absolute Gasteiger partial charge is 0.394 e. The molecule has 1 unspecified atom stereocenters. The van der Waals surface area contributed by atoms with Crippen molar-refractivity contribution < 1.29 is 17.5 Å². The van der Waals surface area contributed by atoms with Crippen molar-refractivity contribution in [3.05, 3.63) is 54.1 Å². The molecule has 0 bridgehead atoms. The Hall–Kier alpha value is -1.33. The van der Waals surface area contributed by atoms with Gasteiger partial charge in [-0.25, -0.2) is 0 Å². The summed E-state index contributed by atoms with van der Waals surface area (Å²) in [5, 5.41) is 1.24. The zero-order valence-corrected chi connectivity index (χ0v) is 15.2. The molecule has 0 saturated heterocycles. The van der Waals surface area contributed by atoms with Crippen molar-refractivity contribution in [1.29, 1.82) is 0 Å². The molecule has 2 aromatic rings. The summed E-state index contributed by atoms with van der Waals surface area (Å²) in [6.45, 7) is 4.41. The van der Waals surface area contributed by atoms with Gasteiger partial charge in [0.1, 0.15) is 0 Å². The van der Waals surface area contributed by atoms with E-state index in [0.717, 1.165) is 5.69 Å². The van der Waals surface area contributed by atoms with Crippen LogP contribution >= 0.6 is 0 Å². The minimum absolute atomic E-state index is 0.877. The van der Waals surface area contributed by atoms with Crippen LogP contribution in [0.3, 0.4) is 0 Å². The molecule has 0 aliphatic carbocycles. The summed E-state index contributed by atoms with van der Waals surface area (Å²) < 4.78 is 34.5. The molecular formula is C15H20AsNO4S. The fourth-order valence-corrected chi connectivity index (χ4v) is 6.36. The minimum atomic E-state index is -4.67. The molecule has 120 valence electrons. The van der Waals surface area contributed by atoms with Crippen molar-refractivity contribution in [2.45, 2.75) is 19.1 Å². The van der Waals surface area contributed by atoms with Crippen molar-refractivity contribution in [2.75, 3.05) is 5.73 Å². The monoisotopic (exact) mass is 385 g/mol. The van der Waals surface area contributed by atoms with Gasteiger partial charge in [0, 0.05) is 0 Å². The Kier molecular flexibility index (Phi) is 7.10. The molecule has 0 aliphatic rings. The van der Waals surface area contributed by atoms with E-state index in [0.29, 0.717) is 0 Å². The zero-order chi connectivity index (χ0) is 16.8. The molecular weight excluding hydrogens is 365 g/mol. The molecule has 0 saturated carbocycles. The van der Waals surface area contributed by atoms with Crippen molar-refractivity contribution >= 4 is 39.4 Å². The van der Waals surface area contributed by atoms with Crippen molar-refractivity contribution in [3.8, 4) is 0 Å². The molecule has 0 spiro atoms. The van der Waals surface area contributed by atoms with Crippen LogP contribution in [0, 0.1) is 6.92 Å². The van der Waals surface area contributed by atoms with Gasteiger partial charge in [-0.1, -0.05) is 0 Å². The SMILES string of the molecule is CC[As](c1ccc(C)cc1)c1cccc(N)c1.O=S(=O)(O)O. The zero-order valence-electron chi connectivity index (χ0n) is 12.5. The third-order valence-corrected chi connectivity index (χ3v) is 8.00. The van der Waals surface area contributed by atoms with E-state index in [1.165, 1.54) is 19.5 Å². The van der Waals surface area contributed by atoms with E-state index in [1.54, 1.807) is 0 Å². The van der Waals surface area contributed by atoms with Gasteiger partial charge in [-0.15, -0.1) is 0 Å². The Labute approximate surface area is 136 Å². The Morgan fingerprint density at radius 3 is 2.05 bits per heavy atom. The fourth-order valence-electron chi connectivity index (χ4n) is 1.93. The maximum atomic E-state index is 8.74. The Balaban J connectivity index is 0.000000422. The fraction of sp³-hybridized carbons (Fsp3) is 0.200. The van der Waals surface area contributed by atoms with Crippen molar-refractivity contribution in [3.63, 3.8) is 0 Å². The Morgan fingerprint density at radius 1 is 1.05 bits per heavy atom. The molecule has 1 atom stereocenters. The second-order valence-corrected chi connectivity index (χ2v) is 10.8. The molecule has 4 N–H and O–H groups in total. The molecule has 0 aliphatic heterocycles. The first-order valence-corrected chi connectivity index (χ1v) is 11.2. The van der Waals surface area contributed by atoms with Crippen LogP contribution in [-0.4, -0.2) is 32.2 Å². The molecule has 0 amide bonds. The maximum Gasteiger partial charge on any atom is 0.394 e. The van der Waals surface area contributed by atoms with Crippen LogP contribution in [-0.2, 0) is 10.4 Å². The Bertz CT molecular complexity index is 694. The number of nitrogens with two attached hydrogens (primary N) is 1. The van der Waals surface area contributed by atoms with Crippen LogP contribution in [0.25, 0.3) is 0 Å². The van der Waals surface area contributed by atoms with Crippen LogP contribution in [0.1, 0.15) is 12.5 Å². The van der Waals surface area contributed by atoms with Crippen molar-refractivity contribution in [2.24, 2.45) is 0 Å². The number of aryl methyl sites for hydroxylation is 1. The third kappa shape index (κ3) is 7.09. The molecule has 22 heavy (non-hydrogen) atoms. The smallest absolute Gasteiger partial charge is 0.264 e. The van der Waals surface area contributed by atoms with Gasteiger partial charge in [0.25, 0.3) is 0 Å². The summed E-state index contributed by atoms with van der Waals surface area (Å²) in [7, 11) is -4.67. The van der Waals surface area contributed by atoms with E-state index in [9.17, 15) is 0 Å². The summed E-state index contributed by atoms with van der Waals surface area (Å²) >= 11 is -1.13. The van der Waals surface area contributed by atoms with Gasteiger partial charge < -0.3 is 0 Å². The number of rotatable bonds is 3. The number of anilines is 1. The summed E-state index contributed by atoms with van der Waals surface area (Å²) in [6, 6.07) is 17.4. The molecule has 0 aromatic heterocycles. The number of benzene rings is 2. The van der Waals surface area contributed by atoms with Gasteiger partial charge in [-0.2, -0.15) is 8.42 Å². The summed E-state index contributed by atoms with van der Waals surface area (Å²) in [5.74, 6) is 0. The van der Waals surface area contributed by atoms with Crippen LogP contribution < -0.4 is 14.4 Å². The average Bonchev–Trinajstić information content (AvgIpc) is 2.40. The van der Waals surface area contributed by atoms with Gasteiger partial charge in [0.05, 0.1) is 0 Å². The van der Waals surface area contributed by atoms with E-state index in [2.05, 4.69) is 56.3 Å². The van der Waals surface area contributed by atoms with Gasteiger partial charge >= 0.3 is 118 Å². The molecule has 5 nitrogen and oxygen atoms in total. The van der Waals surface area contributed by atoms with E-state index >= 15 is 0 Å². The van der Waals surface area contributed by atoms with E-state index < -0.39 is 25.1 Å². The van der Waals surface area contributed by atoms with Gasteiger partial charge in [0.15, 0.2) is 0 Å². The second-order valence-electron chi connectivity index (χ2n) is 4.62. The van der Waals surface area contributed by atoms with E-state index in [4.69, 9.17) is 23.3 Å². The number of nitrogen functional groups attached to an aromatic ring is 1. The summed E-state index contributed by atoms with van der Waals surface area (Å²) in [6.07, 6.45) is 0.